The van der Waals surface area contributed by atoms with E-state index >= 15 is 17.6 Å². The number of nitrogens with zero attached hydrogens (tertiary/aromatic N) is 3. The predicted molar refractivity (Wildman–Crippen MR) is 178 cm³/mol. The van der Waals surface area contributed by atoms with Gasteiger partial charge in [0.2, 0.25) is 0 Å². The van der Waals surface area contributed by atoms with E-state index in [1.54, 1.807) is 41.1 Å². The average molecular weight is 663 g/mol. The van der Waals surface area contributed by atoms with Gasteiger partial charge in [0, 0.05) is 56.6 Å². The van der Waals surface area contributed by atoms with Crippen LogP contribution in [0.3, 0.4) is 0 Å². The number of aromatic amines is 1. The van der Waals surface area contributed by atoms with E-state index in [2.05, 4.69) is 31.2 Å². The summed E-state index contributed by atoms with van der Waals surface area (Å²) < 4.78 is 74.9. The maximum absolute atomic E-state index is 15.6. The first-order valence-corrected chi connectivity index (χ1v) is 19.4. The van der Waals surface area contributed by atoms with Gasteiger partial charge >= 0.3 is 0 Å². The van der Waals surface area contributed by atoms with Crippen LogP contribution in [0.1, 0.15) is 28.6 Å². The van der Waals surface area contributed by atoms with Gasteiger partial charge in [-0.25, -0.2) is 22.5 Å². The molecule has 1 aliphatic rings. The molecular formula is C36H38F4N4O2Si. The summed E-state index contributed by atoms with van der Waals surface area (Å²) in [6.45, 7) is 11.9. The molecule has 1 unspecified atom stereocenters. The molecule has 5 aromatic rings. The van der Waals surface area contributed by atoms with Gasteiger partial charge in [-0.3, -0.25) is 4.90 Å². The average Bonchev–Trinajstić information content (AvgIpc) is 3.63. The normalized spacial score (nSPS) is 15.3. The molecule has 6 nitrogen and oxygen atoms in total. The molecule has 0 aliphatic carbocycles. The fourth-order valence-electron chi connectivity index (χ4n) is 5.96. The molecule has 0 bridgehead atoms. The number of rotatable bonds is 11. The molecule has 0 radical (unpaired) electrons. The fourth-order valence-corrected chi connectivity index (χ4v) is 6.72. The van der Waals surface area contributed by atoms with E-state index in [1.165, 1.54) is 18.2 Å². The zero-order valence-electron chi connectivity index (χ0n) is 27.0. The van der Waals surface area contributed by atoms with Crippen molar-refractivity contribution < 1.29 is 27.0 Å². The van der Waals surface area contributed by atoms with Crippen molar-refractivity contribution in [1.29, 1.82) is 0 Å². The van der Waals surface area contributed by atoms with Crippen LogP contribution in [0.2, 0.25) is 25.7 Å². The summed E-state index contributed by atoms with van der Waals surface area (Å²) in [5, 5.41) is 0.177. The van der Waals surface area contributed by atoms with Crippen molar-refractivity contribution in [3.05, 3.63) is 113 Å². The molecule has 3 heterocycles. The van der Waals surface area contributed by atoms with Gasteiger partial charge in [-0.15, -0.1) is 6.58 Å². The standard InChI is InChI=1S/C36H38F4N4O2Si/c1-6-8-22-9-7-10-25(31(22)39)34-33-29(14-15-43(34)2)41-36(42-33)26-19-23(11-12-27(26)37)46-35-28(38)20-30-24(32(35)40)13-16-44(30)21-45-17-18-47(3,4)5/h6-7,9-13,16,19-20,34H,1,8,14-15,17-18,21H2,2-5H3,(H,41,42). The van der Waals surface area contributed by atoms with Crippen LogP contribution in [0.4, 0.5) is 17.6 Å². The summed E-state index contributed by atoms with van der Waals surface area (Å²) in [5.41, 5.74) is 2.75. The molecule has 246 valence electrons. The summed E-state index contributed by atoms with van der Waals surface area (Å²) in [4.78, 5) is 9.95. The van der Waals surface area contributed by atoms with Gasteiger partial charge in [-0.05, 0) is 49.3 Å². The van der Waals surface area contributed by atoms with E-state index in [1.807, 2.05) is 11.9 Å². The Bertz CT molecular complexity index is 1950. The van der Waals surface area contributed by atoms with Crippen LogP contribution in [0.15, 0.2) is 67.4 Å². The number of aromatic nitrogens is 3. The molecule has 0 saturated heterocycles. The Hall–Kier alpha value is -4.19. The molecule has 0 saturated carbocycles. The molecular weight excluding hydrogens is 625 g/mol. The van der Waals surface area contributed by atoms with E-state index in [-0.39, 0.29) is 35.1 Å². The van der Waals surface area contributed by atoms with Gasteiger partial charge in [0.25, 0.3) is 0 Å². The van der Waals surface area contributed by atoms with E-state index in [9.17, 15) is 0 Å². The molecule has 2 aromatic heterocycles. The number of benzene rings is 3. The van der Waals surface area contributed by atoms with Gasteiger partial charge in [-0.2, -0.15) is 0 Å². The van der Waals surface area contributed by atoms with Crippen molar-refractivity contribution in [2.45, 2.75) is 51.3 Å². The third kappa shape index (κ3) is 6.65. The SMILES string of the molecule is C=CCc1cccc(C2c3nc(-c4cc(Oc5c(F)cc6c(ccn6COCC[Si](C)(C)C)c5F)ccc4F)[nH]c3CCN2C)c1F. The minimum absolute atomic E-state index is 0.0267. The van der Waals surface area contributed by atoms with E-state index in [4.69, 9.17) is 14.5 Å². The van der Waals surface area contributed by atoms with Crippen LogP contribution in [0.25, 0.3) is 22.3 Å². The van der Waals surface area contributed by atoms with Crippen molar-refractivity contribution in [3.63, 3.8) is 0 Å². The van der Waals surface area contributed by atoms with E-state index < -0.39 is 37.3 Å². The highest BCUT2D eigenvalue weighted by Crippen LogP contribution is 2.39. The molecule has 1 N–H and O–H groups in total. The zero-order chi connectivity index (χ0) is 33.5. The highest BCUT2D eigenvalue weighted by atomic mass is 28.3. The van der Waals surface area contributed by atoms with Crippen molar-refractivity contribution >= 4 is 19.0 Å². The summed E-state index contributed by atoms with van der Waals surface area (Å²) in [5.74, 6) is -3.05. The third-order valence-corrected chi connectivity index (χ3v) is 10.3. The summed E-state index contributed by atoms with van der Waals surface area (Å²) >= 11 is 0. The lowest BCUT2D eigenvalue weighted by molar-refractivity contribution is 0.0902. The van der Waals surface area contributed by atoms with Crippen LogP contribution in [-0.4, -0.2) is 47.7 Å². The molecule has 1 aliphatic heterocycles. The number of likely N-dealkylation sites (N-methyl/N-ethyl adjacent to an activating group) is 1. The molecule has 0 amide bonds. The lowest BCUT2D eigenvalue weighted by Gasteiger charge is -2.32. The first kappa shape index (κ1) is 32.7. The number of ether oxygens (including phenoxy) is 2. The van der Waals surface area contributed by atoms with Gasteiger partial charge < -0.3 is 19.0 Å². The van der Waals surface area contributed by atoms with E-state index in [0.29, 0.717) is 48.3 Å². The molecule has 11 heteroatoms. The number of hydrogen-bond donors (Lipinski definition) is 1. The monoisotopic (exact) mass is 662 g/mol. The molecule has 0 spiro atoms. The zero-order valence-corrected chi connectivity index (χ0v) is 28.0. The van der Waals surface area contributed by atoms with Crippen molar-refractivity contribution in [1.82, 2.24) is 19.4 Å². The Morgan fingerprint density at radius 3 is 2.62 bits per heavy atom. The van der Waals surface area contributed by atoms with Crippen LogP contribution < -0.4 is 4.74 Å². The third-order valence-electron chi connectivity index (χ3n) is 8.55. The summed E-state index contributed by atoms with van der Waals surface area (Å²) in [6.07, 6.45) is 4.29. The second-order valence-corrected chi connectivity index (χ2v) is 18.8. The number of fused-ring (bicyclic) bond motifs is 2. The lowest BCUT2D eigenvalue weighted by Crippen LogP contribution is -2.33. The molecule has 6 rings (SSSR count). The second-order valence-electron chi connectivity index (χ2n) is 13.2. The Morgan fingerprint density at radius 1 is 1.04 bits per heavy atom. The van der Waals surface area contributed by atoms with Crippen LogP contribution >= 0.6 is 0 Å². The van der Waals surface area contributed by atoms with Gasteiger partial charge in [0.05, 0.1) is 22.8 Å². The van der Waals surface area contributed by atoms with Crippen molar-refractivity contribution in [2.75, 3.05) is 20.2 Å². The highest BCUT2D eigenvalue weighted by Gasteiger charge is 2.33. The Labute approximate surface area is 272 Å². The first-order chi connectivity index (χ1) is 22.4. The summed E-state index contributed by atoms with van der Waals surface area (Å²) in [6, 6.07) is 12.3. The number of H-pyrrole nitrogens is 1. The van der Waals surface area contributed by atoms with Crippen molar-refractivity contribution in [2.24, 2.45) is 0 Å². The lowest BCUT2D eigenvalue weighted by atomic mass is 9.94. The minimum Gasteiger partial charge on any atom is -0.451 e. The van der Waals surface area contributed by atoms with Crippen LogP contribution in [0, 0.1) is 23.3 Å². The van der Waals surface area contributed by atoms with Crippen LogP contribution in [-0.2, 0) is 24.3 Å². The Morgan fingerprint density at radius 2 is 1.85 bits per heavy atom. The molecule has 3 aromatic carbocycles. The number of allylic oxidation sites excluding steroid dienone is 1. The number of nitrogens with one attached hydrogen (secondary N) is 1. The largest absolute Gasteiger partial charge is 0.451 e. The Kier molecular flexibility index (Phi) is 9.15. The smallest absolute Gasteiger partial charge is 0.199 e. The van der Waals surface area contributed by atoms with E-state index in [0.717, 1.165) is 17.8 Å². The maximum Gasteiger partial charge on any atom is 0.199 e. The number of halogens is 4. The predicted octanol–water partition coefficient (Wildman–Crippen LogP) is 9.00. The minimum atomic E-state index is -1.27. The molecule has 1 atom stereocenters. The van der Waals surface area contributed by atoms with Gasteiger partial charge in [-0.1, -0.05) is 43.9 Å². The second kappa shape index (κ2) is 13.1. The molecule has 47 heavy (non-hydrogen) atoms. The maximum atomic E-state index is 15.6. The number of imidazole rings is 1. The first-order valence-electron chi connectivity index (χ1n) is 15.6. The summed E-state index contributed by atoms with van der Waals surface area (Å²) in [7, 11) is 0.622. The topological polar surface area (TPSA) is 55.3 Å². The highest BCUT2D eigenvalue weighted by molar-refractivity contribution is 6.76. The number of hydrogen-bond acceptors (Lipinski definition) is 4. The quantitative estimate of drug-likeness (QED) is 0.0664. The Balaban J connectivity index is 1.28. The van der Waals surface area contributed by atoms with Crippen molar-refractivity contribution in [3.8, 4) is 22.9 Å². The van der Waals surface area contributed by atoms with Gasteiger partial charge in [0.15, 0.2) is 17.4 Å². The van der Waals surface area contributed by atoms with Crippen LogP contribution in [0.5, 0.6) is 11.5 Å². The van der Waals surface area contributed by atoms with Gasteiger partial charge in [0.1, 0.15) is 29.9 Å². The fraction of sp³-hybridized carbons (Fsp3) is 0.306. The molecule has 0 fully saturated rings.